The highest BCUT2D eigenvalue weighted by Gasteiger charge is 2.30. The van der Waals surface area contributed by atoms with Crippen LogP contribution in [0.15, 0.2) is 65.4 Å². The van der Waals surface area contributed by atoms with Crippen LogP contribution in [-0.2, 0) is 11.3 Å². The van der Waals surface area contributed by atoms with Gasteiger partial charge in [-0.25, -0.2) is 0 Å². The number of nitrogens with zero attached hydrogens (tertiary/aromatic N) is 1. The Hall–Kier alpha value is -2.63. The Kier molecular flexibility index (Phi) is 5.74. The second kappa shape index (κ2) is 8.59. The number of likely N-dealkylation sites (tertiary alicyclic amines) is 1. The van der Waals surface area contributed by atoms with Gasteiger partial charge in [-0.05, 0) is 77.2 Å². The fourth-order valence-electron chi connectivity index (χ4n) is 3.70. The summed E-state index contributed by atoms with van der Waals surface area (Å²) in [6.07, 6.45) is 1.98. The number of methoxy groups -OCH3 is 1. The van der Waals surface area contributed by atoms with Gasteiger partial charge < -0.3 is 10.1 Å². The summed E-state index contributed by atoms with van der Waals surface area (Å²) in [6, 6.07) is 18.0. The molecule has 28 heavy (non-hydrogen) atoms. The van der Waals surface area contributed by atoms with Crippen molar-refractivity contribution in [2.75, 3.05) is 19.0 Å². The molecule has 1 saturated heterocycles. The van der Waals surface area contributed by atoms with Crippen molar-refractivity contribution >= 4 is 22.9 Å². The minimum atomic E-state index is -0.0574. The highest BCUT2D eigenvalue weighted by molar-refractivity contribution is 7.07. The molecule has 144 valence electrons. The Labute approximate surface area is 169 Å². The van der Waals surface area contributed by atoms with Gasteiger partial charge in [0.05, 0.1) is 13.2 Å². The van der Waals surface area contributed by atoms with E-state index in [4.69, 9.17) is 4.74 Å². The van der Waals surface area contributed by atoms with Crippen molar-refractivity contribution in [2.24, 2.45) is 0 Å². The molecule has 1 aliphatic rings. The van der Waals surface area contributed by atoms with Crippen LogP contribution in [0.3, 0.4) is 0 Å². The Morgan fingerprint density at radius 1 is 1.18 bits per heavy atom. The lowest BCUT2D eigenvalue weighted by atomic mass is 10.0. The van der Waals surface area contributed by atoms with E-state index in [9.17, 15) is 4.79 Å². The summed E-state index contributed by atoms with van der Waals surface area (Å²) in [4.78, 5) is 15.1. The van der Waals surface area contributed by atoms with Gasteiger partial charge in [0, 0.05) is 12.2 Å². The minimum Gasteiger partial charge on any atom is -0.497 e. The number of carbonyl (C=O) groups excluding carboxylic acids is 1. The zero-order valence-electron chi connectivity index (χ0n) is 15.9. The van der Waals surface area contributed by atoms with E-state index in [0.717, 1.165) is 48.5 Å². The number of thiophene rings is 1. The monoisotopic (exact) mass is 392 g/mol. The second-order valence-corrected chi connectivity index (χ2v) is 7.84. The van der Waals surface area contributed by atoms with E-state index in [2.05, 4.69) is 33.1 Å². The van der Waals surface area contributed by atoms with Gasteiger partial charge in [-0.3, -0.25) is 9.69 Å². The van der Waals surface area contributed by atoms with E-state index in [1.807, 2.05) is 42.5 Å². The first-order valence-electron chi connectivity index (χ1n) is 9.53. The SMILES string of the molecule is COc1cccc(-c2ccc(NC(=O)[C@@H]3CCCN3Cc3ccsc3)cc2)c1. The number of ether oxygens (including phenoxy) is 1. The standard InChI is InChI=1S/C23H24N2O2S/c1-27-21-5-2-4-19(14-21)18-7-9-20(10-8-18)24-23(26)22-6-3-12-25(22)15-17-11-13-28-16-17/h2,4-5,7-11,13-14,16,22H,3,6,12,15H2,1H3,(H,24,26)/t22-/m0/s1. The molecule has 0 bridgehead atoms. The Balaban J connectivity index is 1.41. The summed E-state index contributed by atoms with van der Waals surface area (Å²) >= 11 is 1.70. The molecule has 0 spiro atoms. The summed E-state index contributed by atoms with van der Waals surface area (Å²) < 4.78 is 5.30. The van der Waals surface area contributed by atoms with Crippen LogP contribution in [0.2, 0.25) is 0 Å². The smallest absolute Gasteiger partial charge is 0.241 e. The Bertz CT molecular complexity index is 922. The van der Waals surface area contributed by atoms with Gasteiger partial charge in [0.1, 0.15) is 5.75 Å². The summed E-state index contributed by atoms with van der Waals surface area (Å²) in [5.74, 6) is 0.920. The zero-order chi connectivity index (χ0) is 19.3. The van der Waals surface area contributed by atoms with Crippen molar-refractivity contribution in [2.45, 2.75) is 25.4 Å². The minimum absolute atomic E-state index is 0.0574. The van der Waals surface area contributed by atoms with Gasteiger partial charge in [0.25, 0.3) is 0 Å². The Morgan fingerprint density at radius 2 is 2.04 bits per heavy atom. The molecular weight excluding hydrogens is 368 g/mol. The predicted octanol–water partition coefficient (Wildman–Crippen LogP) is 5.03. The number of rotatable bonds is 6. The van der Waals surface area contributed by atoms with E-state index in [0.29, 0.717) is 0 Å². The number of nitrogens with one attached hydrogen (secondary N) is 1. The van der Waals surface area contributed by atoms with E-state index < -0.39 is 0 Å². The average Bonchev–Trinajstić information content (AvgIpc) is 3.41. The number of amides is 1. The normalized spacial score (nSPS) is 16.8. The van der Waals surface area contributed by atoms with Gasteiger partial charge in [-0.2, -0.15) is 11.3 Å². The molecule has 1 atom stereocenters. The van der Waals surface area contributed by atoms with Crippen LogP contribution in [0, 0.1) is 0 Å². The molecule has 1 aromatic heterocycles. The average molecular weight is 393 g/mol. The maximum Gasteiger partial charge on any atom is 0.241 e. The maximum atomic E-state index is 12.8. The Morgan fingerprint density at radius 3 is 2.79 bits per heavy atom. The van der Waals surface area contributed by atoms with Crippen LogP contribution < -0.4 is 10.1 Å². The van der Waals surface area contributed by atoms with Crippen LogP contribution >= 0.6 is 11.3 Å². The molecule has 0 aliphatic carbocycles. The van der Waals surface area contributed by atoms with Gasteiger partial charge in [-0.15, -0.1) is 0 Å². The number of hydrogen-bond donors (Lipinski definition) is 1. The first-order chi connectivity index (χ1) is 13.7. The predicted molar refractivity (Wildman–Crippen MR) is 115 cm³/mol. The van der Waals surface area contributed by atoms with Crippen LogP contribution in [-0.4, -0.2) is 30.5 Å². The summed E-state index contributed by atoms with van der Waals surface area (Å²) in [5, 5.41) is 7.34. The largest absolute Gasteiger partial charge is 0.497 e. The third-order valence-electron chi connectivity index (χ3n) is 5.19. The van der Waals surface area contributed by atoms with Gasteiger partial charge in [0.2, 0.25) is 5.91 Å². The van der Waals surface area contributed by atoms with Gasteiger partial charge >= 0.3 is 0 Å². The molecule has 2 heterocycles. The van der Waals surface area contributed by atoms with Crippen molar-refractivity contribution < 1.29 is 9.53 Å². The second-order valence-electron chi connectivity index (χ2n) is 7.06. The first kappa shape index (κ1) is 18.7. The molecule has 4 nitrogen and oxygen atoms in total. The number of hydrogen-bond acceptors (Lipinski definition) is 4. The van der Waals surface area contributed by atoms with Crippen LogP contribution in [0.1, 0.15) is 18.4 Å². The zero-order valence-corrected chi connectivity index (χ0v) is 16.7. The summed E-state index contributed by atoms with van der Waals surface area (Å²) in [7, 11) is 1.67. The van der Waals surface area contributed by atoms with Crippen LogP contribution in [0.4, 0.5) is 5.69 Å². The summed E-state index contributed by atoms with van der Waals surface area (Å²) in [6.45, 7) is 1.82. The molecule has 0 saturated carbocycles. The van der Waals surface area contributed by atoms with Gasteiger partial charge in [0.15, 0.2) is 0 Å². The van der Waals surface area contributed by atoms with E-state index in [-0.39, 0.29) is 11.9 Å². The van der Waals surface area contributed by atoms with Crippen molar-refractivity contribution in [3.8, 4) is 16.9 Å². The van der Waals surface area contributed by atoms with Crippen LogP contribution in [0.5, 0.6) is 5.75 Å². The maximum absolute atomic E-state index is 12.8. The topological polar surface area (TPSA) is 41.6 Å². The number of anilines is 1. The molecule has 3 aromatic rings. The van der Waals surface area contributed by atoms with Crippen molar-refractivity contribution in [3.63, 3.8) is 0 Å². The highest BCUT2D eigenvalue weighted by Crippen LogP contribution is 2.26. The molecule has 0 radical (unpaired) electrons. The number of benzene rings is 2. The lowest BCUT2D eigenvalue weighted by Gasteiger charge is -2.23. The fourth-order valence-corrected chi connectivity index (χ4v) is 4.36. The molecule has 4 rings (SSSR count). The molecule has 1 N–H and O–H groups in total. The lowest BCUT2D eigenvalue weighted by Crippen LogP contribution is -2.39. The van der Waals surface area contributed by atoms with Crippen molar-refractivity contribution in [1.82, 2.24) is 4.90 Å². The van der Waals surface area contributed by atoms with Gasteiger partial charge in [-0.1, -0.05) is 24.3 Å². The molecule has 1 aliphatic heterocycles. The molecule has 2 aromatic carbocycles. The molecule has 1 fully saturated rings. The third-order valence-corrected chi connectivity index (χ3v) is 5.92. The molecular formula is C23H24N2O2S. The van der Waals surface area contributed by atoms with Crippen molar-refractivity contribution in [3.05, 3.63) is 70.9 Å². The fraction of sp³-hybridized carbons (Fsp3) is 0.261. The van der Waals surface area contributed by atoms with E-state index in [1.165, 1.54) is 5.56 Å². The molecule has 5 heteroatoms. The highest BCUT2D eigenvalue weighted by atomic mass is 32.1. The quantitative estimate of drug-likeness (QED) is 0.640. The third kappa shape index (κ3) is 4.26. The lowest BCUT2D eigenvalue weighted by molar-refractivity contribution is -0.120. The molecule has 1 amide bonds. The van der Waals surface area contributed by atoms with E-state index >= 15 is 0 Å². The number of carbonyl (C=O) groups is 1. The van der Waals surface area contributed by atoms with Crippen LogP contribution in [0.25, 0.3) is 11.1 Å². The van der Waals surface area contributed by atoms with Crippen molar-refractivity contribution in [1.29, 1.82) is 0 Å². The first-order valence-corrected chi connectivity index (χ1v) is 10.5. The van der Waals surface area contributed by atoms with E-state index in [1.54, 1.807) is 18.4 Å². The summed E-state index contributed by atoms with van der Waals surface area (Å²) in [5.41, 5.74) is 4.30. The molecule has 0 unspecified atom stereocenters.